The van der Waals surface area contributed by atoms with E-state index in [1.54, 1.807) is 24.3 Å². The van der Waals surface area contributed by atoms with E-state index in [2.05, 4.69) is 10.6 Å². The number of hydrogen-bond acceptors (Lipinski definition) is 4. The van der Waals surface area contributed by atoms with Gasteiger partial charge >= 0.3 is 0 Å². The van der Waals surface area contributed by atoms with Crippen molar-refractivity contribution in [3.63, 3.8) is 0 Å². The van der Waals surface area contributed by atoms with E-state index in [0.29, 0.717) is 25.2 Å². The SMILES string of the molecule is CC(C)(C)[C@H](N)C(=O)NCc1ccc(C(=O)N2CCNC(=O)C2)cc1. The van der Waals surface area contributed by atoms with Crippen molar-refractivity contribution in [3.8, 4) is 0 Å². The second-order valence-corrected chi connectivity index (χ2v) is 7.34. The lowest BCUT2D eigenvalue weighted by Crippen LogP contribution is -2.49. The Labute approximate surface area is 147 Å². The molecule has 136 valence electrons. The quantitative estimate of drug-likeness (QED) is 0.727. The first-order chi connectivity index (χ1) is 11.7. The van der Waals surface area contributed by atoms with E-state index in [9.17, 15) is 14.4 Å². The van der Waals surface area contributed by atoms with Crippen molar-refractivity contribution < 1.29 is 14.4 Å². The molecule has 1 saturated heterocycles. The summed E-state index contributed by atoms with van der Waals surface area (Å²) in [4.78, 5) is 37.3. The summed E-state index contributed by atoms with van der Waals surface area (Å²) >= 11 is 0. The van der Waals surface area contributed by atoms with Gasteiger partial charge in [0.25, 0.3) is 5.91 Å². The number of carbonyl (C=O) groups excluding carboxylic acids is 3. The molecule has 0 aliphatic carbocycles. The van der Waals surface area contributed by atoms with Crippen LogP contribution in [0.5, 0.6) is 0 Å². The molecule has 1 aromatic carbocycles. The molecule has 2 rings (SSSR count). The summed E-state index contributed by atoms with van der Waals surface area (Å²) in [6.07, 6.45) is 0. The highest BCUT2D eigenvalue weighted by atomic mass is 16.2. The Balaban J connectivity index is 1.92. The van der Waals surface area contributed by atoms with Gasteiger partial charge in [-0.2, -0.15) is 0 Å². The van der Waals surface area contributed by atoms with Gasteiger partial charge < -0.3 is 21.3 Å². The number of hydrogen-bond donors (Lipinski definition) is 3. The first-order valence-electron chi connectivity index (χ1n) is 8.36. The average molecular weight is 346 g/mol. The Morgan fingerprint density at radius 2 is 1.92 bits per heavy atom. The van der Waals surface area contributed by atoms with Crippen LogP contribution in [0.25, 0.3) is 0 Å². The van der Waals surface area contributed by atoms with Crippen LogP contribution < -0.4 is 16.4 Å². The van der Waals surface area contributed by atoms with Gasteiger partial charge in [-0.1, -0.05) is 32.9 Å². The summed E-state index contributed by atoms with van der Waals surface area (Å²) < 4.78 is 0. The van der Waals surface area contributed by atoms with Crippen LogP contribution in [0.3, 0.4) is 0 Å². The van der Waals surface area contributed by atoms with E-state index >= 15 is 0 Å². The number of nitrogens with one attached hydrogen (secondary N) is 2. The minimum atomic E-state index is -0.585. The predicted molar refractivity (Wildman–Crippen MR) is 94.6 cm³/mol. The standard InChI is InChI=1S/C18H26N4O3/c1-18(2,3)15(19)16(24)21-10-12-4-6-13(7-5-12)17(25)22-9-8-20-14(23)11-22/h4-7,15H,8-11,19H2,1-3H3,(H,20,23)(H,21,24)/t15-/m1/s1. The lowest BCUT2D eigenvalue weighted by Gasteiger charge is -2.26. The highest BCUT2D eigenvalue weighted by Crippen LogP contribution is 2.17. The van der Waals surface area contributed by atoms with Gasteiger partial charge in [0.15, 0.2) is 0 Å². The Hall–Kier alpha value is -2.41. The molecule has 7 heteroatoms. The monoisotopic (exact) mass is 346 g/mol. The second kappa shape index (κ2) is 7.65. The van der Waals surface area contributed by atoms with Crippen LogP contribution in [0, 0.1) is 5.41 Å². The topological polar surface area (TPSA) is 105 Å². The van der Waals surface area contributed by atoms with Gasteiger partial charge in [0, 0.05) is 25.2 Å². The Kier molecular flexibility index (Phi) is 5.79. The summed E-state index contributed by atoms with van der Waals surface area (Å²) in [5.74, 6) is -0.513. The predicted octanol–water partition coefficient (Wildman–Crippen LogP) is 0.248. The summed E-state index contributed by atoms with van der Waals surface area (Å²) in [5.41, 5.74) is 7.02. The van der Waals surface area contributed by atoms with Crippen LogP contribution in [0.15, 0.2) is 24.3 Å². The third kappa shape index (κ3) is 5.03. The summed E-state index contributed by atoms with van der Waals surface area (Å²) in [6, 6.07) is 6.42. The maximum absolute atomic E-state index is 12.4. The van der Waals surface area contributed by atoms with Crippen LogP contribution in [0.1, 0.15) is 36.7 Å². The number of benzene rings is 1. The second-order valence-electron chi connectivity index (χ2n) is 7.34. The lowest BCUT2D eigenvalue weighted by molar-refractivity contribution is -0.125. The van der Waals surface area contributed by atoms with E-state index in [1.165, 1.54) is 4.90 Å². The third-order valence-corrected chi connectivity index (χ3v) is 4.21. The molecule has 25 heavy (non-hydrogen) atoms. The maximum Gasteiger partial charge on any atom is 0.254 e. The van der Waals surface area contributed by atoms with Crippen molar-refractivity contribution >= 4 is 17.7 Å². The first kappa shape index (κ1) is 18.9. The molecule has 1 aromatic rings. The largest absolute Gasteiger partial charge is 0.353 e. The van der Waals surface area contributed by atoms with Gasteiger partial charge in [0.1, 0.15) is 0 Å². The maximum atomic E-state index is 12.4. The van der Waals surface area contributed by atoms with Gasteiger partial charge in [-0.25, -0.2) is 0 Å². The summed E-state index contributed by atoms with van der Waals surface area (Å²) in [5, 5.41) is 5.50. The molecule has 1 fully saturated rings. The average Bonchev–Trinajstić information content (AvgIpc) is 2.58. The molecule has 1 aliphatic rings. The van der Waals surface area contributed by atoms with E-state index in [0.717, 1.165) is 5.56 Å². The fourth-order valence-corrected chi connectivity index (χ4v) is 2.45. The van der Waals surface area contributed by atoms with Crippen LogP contribution >= 0.6 is 0 Å². The molecule has 0 spiro atoms. The summed E-state index contributed by atoms with van der Waals surface area (Å²) in [7, 11) is 0. The van der Waals surface area contributed by atoms with Gasteiger partial charge in [-0.3, -0.25) is 14.4 Å². The fourth-order valence-electron chi connectivity index (χ4n) is 2.45. The van der Waals surface area contributed by atoms with Gasteiger partial charge in [-0.05, 0) is 23.1 Å². The van der Waals surface area contributed by atoms with Crippen molar-refractivity contribution in [1.82, 2.24) is 15.5 Å². The zero-order chi connectivity index (χ0) is 18.6. The van der Waals surface area contributed by atoms with Crippen LogP contribution in [0.4, 0.5) is 0 Å². The first-order valence-corrected chi connectivity index (χ1v) is 8.36. The summed E-state index contributed by atoms with van der Waals surface area (Å²) in [6.45, 7) is 7.16. The van der Waals surface area contributed by atoms with Crippen molar-refractivity contribution in [3.05, 3.63) is 35.4 Å². The number of carbonyl (C=O) groups is 3. The minimum Gasteiger partial charge on any atom is -0.353 e. The van der Waals surface area contributed by atoms with Gasteiger partial charge in [0.2, 0.25) is 11.8 Å². The van der Waals surface area contributed by atoms with Gasteiger partial charge in [0.05, 0.1) is 12.6 Å². The smallest absolute Gasteiger partial charge is 0.254 e. The molecule has 3 amide bonds. The van der Waals surface area contributed by atoms with Crippen LogP contribution in [-0.4, -0.2) is 48.3 Å². The molecule has 1 heterocycles. The molecule has 0 bridgehead atoms. The molecular weight excluding hydrogens is 320 g/mol. The van der Waals surface area contributed by atoms with Crippen LogP contribution in [-0.2, 0) is 16.1 Å². The number of nitrogens with zero attached hydrogens (tertiary/aromatic N) is 1. The van der Waals surface area contributed by atoms with E-state index in [4.69, 9.17) is 5.73 Å². The van der Waals surface area contributed by atoms with Crippen molar-refractivity contribution in [1.29, 1.82) is 0 Å². The van der Waals surface area contributed by atoms with E-state index in [-0.39, 0.29) is 29.7 Å². The molecule has 0 saturated carbocycles. The van der Waals surface area contributed by atoms with Crippen molar-refractivity contribution in [2.24, 2.45) is 11.1 Å². The molecular formula is C18H26N4O3. The highest BCUT2D eigenvalue weighted by molar-refractivity contribution is 5.97. The Bertz CT molecular complexity index is 649. The molecule has 7 nitrogen and oxygen atoms in total. The molecule has 1 atom stereocenters. The van der Waals surface area contributed by atoms with Crippen molar-refractivity contribution in [2.45, 2.75) is 33.4 Å². The van der Waals surface area contributed by atoms with Gasteiger partial charge in [-0.15, -0.1) is 0 Å². The third-order valence-electron chi connectivity index (χ3n) is 4.21. The lowest BCUT2D eigenvalue weighted by atomic mass is 9.87. The highest BCUT2D eigenvalue weighted by Gasteiger charge is 2.27. The molecule has 0 radical (unpaired) electrons. The number of amides is 3. The molecule has 4 N–H and O–H groups in total. The van der Waals surface area contributed by atoms with E-state index < -0.39 is 6.04 Å². The number of nitrogens with two attached hydrogens (primary N) is 1. The van der Waals surface area contributed by atoms with Crippen LogP contribution in [0.2, 0.25) is 0 Å². The Morgan fingerprint density at radius 1 is 1.28 bits per heavy atom. The normalized spacial score (nSPS) is 16.2. The molecule has 0 aromatic heterocycles. The number of rotatable bonds is 4. The number of piperazine rings is 1. The van der Waals surface area contributed by atoms with Crippen molar-refractivity contribution in [2.75, 3.05) is 19.6 Å². The minimum absolute atomic E-state index is 0.0847. The Morgan fingerprint density at radius 3 is 2.48 bits per heavy atom. The zero-order valence-corrected chi connectivity index (χ0v) is 15.0. The zero-order valence-electron chi connectivity index (χ0n) is 15.0. The fraction of sp³-hybridized carbons (Fsp3) is 0.500. The molecule has 1 aliphatic heterocycles. The molecule has 0 unspecified atom stereocenters. The van der Waals surface area contributed by atoms with E-state index in [1.807, 2.05) is 20.8 Å².